The van der Waals surface area contributed by atoms with Gasteiger partial charge in [0.25, 0.3) is 0 Å². The maximum absolute atomic E-state index is 13.0. The number of hydrogen-bond acceptors (Lipinski definition) is 7. The fourth-order valence-electron chi connectivity index (χ4n) is 3.53. The third-order valence-electron chi connectivity index (χ3n) is 5.25. The van der Waals surface area contributed by atoms with Gasteiger partial charge < -0.3 is 19.7 Å². The fraction of sp³-hybridized carbons (Fsp3) is 0.609. The van der Waals surface area contributed by atoms with Crippen LogP contribution in [0.25, 0.3) is 0 Å². The number of amides is 2. The van der Waals surface area contributed by atoms with Gasteiger partial charge >= 0.3 is 0 Å². The molecule has 32 heavy (non-hydrogen) atoms. The van der Waals surface area contributed by atoms with E-state index in [0.717, 1.165) is 44.0 Å². The topological polar surface area (TPSA) is 98.1 Å². The summed E-state index contributed by atoms with van der Waals surface area (Å²) in [4.78, 5) is 30.9. The molecule has 9 nitrogen and oxygen atoms in total. The van der Waals surface area contributed by atoms with E-state index < -0.39 is 0 Å². The Morgan fingerprint density at radius 1 is 1.12 bits per heavy atom. The number of methoxy groups -OCH3 is 1. The Morgan fingerprint density at radius 3 is 2.38 bits per heavy atom. The zero-order chi connectivity index (χ0) is 23.2. The molecule has 2 rings (SSSR count). The summed E-state index contributed by atoms with van der Waals surface area (Å²) >= 11 is 0. The van der Waals surface area contributed by atoms with Crippen LogP contribution in [0.3, 0.4) is 0 Å². The van der Waals surface area contributed by atoms with Gasteiger partial charge in [-0.2, -0.15) is 5.26 Å². The Morgan fingerprint density at radius 2 is 1.78 bits per heavy atom. The molecule has 1 aromatic carbocycles. The summed E-state index contributed by atoms with van der Waals surface area (Å²) in [5.74, 6) is 0.736. The molecule has 0 radical (unpaired) electrons. The van der Waals surface area contributed by atoms with Gasteiger partial charge in [0.2, 0.25) is 11.8 Å². The predicted octanol–water partition coefficient (Wildman–Crippen LogP) is 1.10. The third-order valence-corrected chi connectivity index (χ3v) is 5.25. The molecule has 0 spiro atoms. The molecule has 0 bridgehead atoms. The van der Waals surface area contributed by atoms with Crippen molar-refractivity contribution >= 4 is 17.5 Å². The zero-order valence-electron chi connectivity index (χ0n) is 19.2. The first-order valence-corrected chi connectivity index (χ1v) is 11.2. The van der Waals surface area contributed by atoms with Gasteiger partial charge in [0.1, 0.15) is 5.75 Å². The van der Waals surface area contributed by atoms with Crippen LogP contribution in [-0.4, -0.2) is 94.3 Å². The Bertz CT molecular complexity index is 742. The number of carbonyl (C=O) groups is 2. The van der Waals surface area contributed by atoms with Crippen LogP contribution in [0, 0.1) is 11.3 Å². The molecule has 1 N–H and O–H groups in total. The van der Waals surface area contributed by atoms with Crippen molar-refractivity contribution in [2.75, 3.05) is 77.6 Å². The Labute approximate surface area is 190 Å². The van der Waals surface area contributed by atoms with Gasteiger partial charge in [-0.3, -0.25) is 19.4 Å². The maximum atomic E-state index is 13.0. The molecule has 0 aromatic heterocycles. The normalized spacial score (nSPS) is 14.5. The molecule has 1 aromatic rings. The fourth-order valence-corrected chi connectivity index (χ4v) is 3.53. The highest BCUT2D eigenvalue weighted by Crippen LogP contribution is 2.20. The Hall–Kier alpha value is -2.67. The van der Waals surface area contributed by atoms with Crippen LogP contribution in [-0.2, 0) is 14.3 Å². The number of benzene rings is 1. The van der Waals surface area contributed by atoms with Gasteiger partial charge in [0.05, 0.1) is 32.2 Å². The number of nitriles is 1. The second-order valence-electron chi connectivity index (χ2n) is 7.63. The van der Waals surface area contributed by atoms with Crippen LogP contribution >= 0.6 is 0 Å². The lowest BCUT2D eigenvalue weighted by Gasteiger charge is -2.35. The highest BCUT2D eigenvalue weighted by atomic mass is 16.5. The lowest BCUT2D eigenvalue weighted by Crippen LogP contribution is -2.52. The molecule has 176 valence electrons. The maximum Gasteiger partial charge on any atom is 0.241 e. The van der Waals surface area contributed by atoms with Crippen molar-refractivity contribution in [1.29, 1.82) is 5.26 Å². The molecule has 1 heterocycles. The largest absolute Gasteiger partial charge is 0.494 e. The van der Waals surface area contributed by atoms with Crippen molar-refractivity contribution in [2.45, 2.75) is 19.8 Å². The smallest absolute Gasteiger partial charge is 0.241 e. The average molecular weight is 446 g/mol. The highest BCUT2D eigenvalue weighted by Gasteiger charge is 2.23. The van der Waals surface area contributed by atoms with Crippen LogP contribution in [0.1, 0.15) is 19.8 Å². The molecule has 9 heteroatoms. The second kappa shape index (κ2) is 14.4. The predicted molar refractivity (Wildman–Crippen MR) is 123 cm³/mol. The van der Waals surface area contributed by atoms with E-state index in [9.17, 15) is 9.59 Å². The van der Waals surface area contributed by atoms with Crippen LogP contribution in [0.5, 0.6) is 5.75 Å². The number of piperazine rings is 1. The number of ether oxygens (including phenoxy) is 2. The van der Waals surface area contributed by atoms with Gasteiger partial charge in [-0.25, -0.2) is 0 Å². The first-order valence-electron chi connectivity index (χ1n) is 11.2. The molecule has 0 saturated carbocycles. The molecule has 1 aliphatic rings. The van der Waals surface area contributed by atoms with Gasteiger partial charge in [-0.15, -0.1) is 0 Å². The summed E-state index contributed by atoms with van der Waals surface area (Å²) in [6.07, 6.45) is 1.07. The molecule has 0 atom stereocenters. The minimum absolute atomic E-state index is 0.0174. The van der Waals surface area contributed by atoms with Gasteiger partial charge in [-0.05, 0) is 37.6 Å². The van der Waals surface area contributed by atoms with Gasteiger partial charge in [0.15, 0.2) is 0 Å². The van der Waals surface area contributed by atoms with E-state index in [-0.39, 0.29) is 24.8 Å². The first-order chi connectivity index (χ1) is 15.6. The van der Waals surface area contributed by atoms with Crippen molar-refractivity contribution in [2.24, 2.45) is 0 Å². The average Bonchev–Trinajstić information content (AvgIpc) is 2.79. The van der Waals surface area contributed by atoms with Crippen LogP contribution in [0.4, 0.5) is 5.69 Å². The van der Waals surface area contributed by atoms with Gasteiger partial charge in [0, 0.05) is 58.7 Å². The summed E-state index contributed by atoms with van der Waals surface area (Å²) in [5, 5.41) is 11.9. The van der Waals surface area contributed by atoms with E-state index in [1.165, 1.54) is 0 Å². The number of rotatable bonds is 13. The minimum Gasteiger partial charge on any atom is -0.494 e. The van der Waals surface area contributed by atoms with Crippen molar-refractivity contribution in [3.63, 3.8) is 0 Å². The molecule has 2 amide bonds. The van der Waals surface area contributed by atoms with E-state index in [1.807, 2.05) is 31.2 Å². The van der Waals surface area contributed by atoms with Crippen molar-refractivity contribution in [1.82, 2.24) is 15.1 Å². The Kier molecular flexibility index (Phi) is 11.5. The van der Waals surface area contributed by atoms with Crippen molar-refractivity contribution in [3.05, 3.63) is 24.3 Å². The summed E-state index contributed by atoms with van der Waals surface area (Å²) < 4.78 is 10.4. The first kappa shape index (κ1) is 25.6. The van der Waals surface area contributed by atoms with Crippen molar-refractivity contribution in [3.8, 4) is 11.8 Å². The second-order valence-corrected chi connectivity index (χ2v) is 7.63. The van der Waals surface area contributed by atoms with E-state index in [0.29, 0.717) is 32.8 Å². The number of nitrogens with one attached hydrogen (secondary N) is 1. The lowest BCUT2D eigenvalue weighted by molar-refractivity contribution is -0.124. The summed E-state index contributed by atoms with van der Waals surface area (Å²) in [6, 6.07) is 9.50. The van der Waals surface area contributed by atoms with Gasteiger partial charge in [-0.1, -0.05) is 0 Å². The lowest BCUT2D eigenvalue weighted by atomic mass is 10.2. The van der Waals surface area contributed by atoms with E-state index in [1.54, 1.807) is 12.0 Å². The number of hydrogen-bond donors (Lipinski definition) is 1. The SMILES string of the molecule is CCOc1ccc(N(CCC#N)C(=O)CN2CCN(CC(=O)NCCCOC)CC2)cc1. The summed E-state index contributed by atoms with van der Waals surface area (Å²) in [5.41, 5.74) is 0.762. The molecule has 0 aliphatic carbocycles. The molecule has 1 aliphatic heterocycles. The van der Waals surface area contributed by atoms with E-state index >= 15 is 0 Å². The monoisotopic (exact) mass is 445 g/mol. The number of anilines is 1. The summed E-state index contributed by atoms with van der Waals surface area (Å²) in [6.45, 7) is 7.68. The molecule has 1 fully saturated rings. The quantitative estimate of drug-likeness (QED) is 0.454. The Balaban J connectivity index is 1.82. The van der Waals surface area contributed by atoms with Crippen LogP contribution < -0.4 is 15.0 Å². The molecular formula is C23H35N5O4. The van der Waals surface area contributed by atoms with E-state index in [4.69, 9.17) is 14.7 Å². The molecular weight excluding hydrogens is 410 g/mol. The third kappa shape index (κ3) is 8.83. The number of carbonyl (C=O) groups excluding carboxylic acids is 2. The minimum atomic E-state index is -0.0336. The van der Waals surface area contributed by atoms with E-state index in [2.05, 4.69) is 21.2 Å². The molecule has 1 saturated heterocycles. The molecule has 0 unspecified atom stereocenters. The van der Waals surface area contributed by atoms with Crippen molar-refractivity contribution < 1.29 is 19.1 Å². The standard InChI is InChI=1S/C23H35N5O4/c1-3-32-21-8-6-20(7-9-21)28(12-4-10-24)23(30)19-27-15-13-26(14-16-27)18-22(29)25-11-5-17-31-2/h6-9H,3-5,11-19H2,1-2H3,(H,25,29). The summed E-state index contributed by atoms with van der Waals surface area (Å²) in [7, 11) is 1.65. The zero-order valence-corrected chi connectivity index (χ0v) is 19.2. The van der Waals surface area contributed by atoms with Crippen LogP contribution in [0.15, 0.2) is 24.3 Å². The van der Waals surface area contributed by atoms with Crippen LogP contribution in [0.2, 0.25) is 0 Å². The highest BCUT2D eigenvalue weighted by molar-refractivity contribution is 5.94. The number of nitrogens with zero attached hydrogens (tertiary/aromatic N) is 4.